The first-order chi connectivity index (χ1) is 14.3. The van der Waals surface area contributed by atoms with Crippen LogP contribution < -0.4 is 4.90 Å². The first-order valence-electron chi connectivity index (χ1n) is 10.3. The van der Waals surface area contributed by atoms with Crippen LogP contribution in [0.5, 0.6) is 0 Å². The summed E-state index contributed by atoms with van der Waals surface area (Å²) in [5.41, 5.74) is 1.16. The van der Waals surface area contributed by atoms with Gasteiger partial charge < -0.3 is 14.5 Å². The highest BCUT2D eigenvalue weighted by Gasteiger charge is 2.29. The Bertz CT molecular complexity index is 1020. The van der Waals surface area contributed by atoms with Gasteiger partial charge in [0, 0.05) is 43.1 Å². The number of hydrogen-bond acceptors (Lipinski definition) is 6. The molecule has 0 saturated carbocycles. The summed E-state index contributed by atoms with van der Waals surface area (Å²) in [5.74, 6) is 0.882. The van der Waals surface area contributed by atoms with Gasteiger partial charge in [-0.3, -0.25) is 5.10 Å². The summed E-state index contributed by atoms with van der Waals surface area (Å²) in [7, 11) is 1.82. The second-order valence-corrected chi connectivity index (χ2v) is 8.70. The van der Waals surface area contributed by atoms with Crippen molar-refractivity contribution in [2.75, 3.05) is 25.0 Å². The van der Waals surface area contributed by atoms with Crippen molar-refractivity contribution in [3.05, 3.63) is 36.5 Å². The molecule has 30 heavy (non-hydrogen) atoms. The van der Waals surface area contributed by atoms with E-state index in [2.05, 4.69) is 37.4 Å². The van der Waals surface area contributed by atoms with Gasteiger partial charge in [0.1, 0.15) is 11.3 Å². The van der Waals surface area contributed by atoms with Crippen LogP contribution in [0.25, 0.3) is 22.2 Å². The van der Waals surface area contributed by atoms with Crippen LogP contribution in [0.15, 0.2) is 36.5 Å². The van der Waals surface area contributed by atoms with E-state index in [1.54, 1.807) is 11.1 Å². The van der Waals surface area contributed by atoms with Crippen LogP contribution in [0.4, 0.5) is 10.6 Å². The summed E-state index contributed by atoms with van der Waals surface area (Å²) >= 11 is 0. The molecule has 1 aliphatic rings. The van der Waals surface area contributed by atoms with E-state index >= 15 is 0 Å². The second-order valence-electron chi connectivity index (χ2n) is 8.70. The fourth-order valence-corrected chi connectivity index (χ4v) is 3.86. The van der Waals surface area contributed by atoms with Crippen LogP contribution in [0.2, 0.25) is 0 Å². The number of piperidine rings is 1. The van der Waals surface area contributed by atoms with Gasteiger partial charge in [0.05, 0.1) is 5.69 Å². The summed E-state index contributed by atoms with van der Waals surface area (Å²) in [4.78, 5) is 16.4. The number of benzene rings is 1. The number of amides is 1. The van der Waals surface area contributed by atoms with Crippen LogP contribution in [0, 0.1) is 0 Å². The van der Waals surface area contributed by atoms with Gasteiger partial charge in [-0.1, -0.05) is 24.3 Å². The summed E-state index contributed by atoms with van der Waals surface area (Å²) in [5, 5.41) is 18.2. The zero-order valence-corrected chi connectivity index (χ0v) is 17.9. The Morgan fingerprint density at radius 3 is 2.47 bits per heavy atom. The van der Waals surface area contributed by atoms with E-state index in [0.29, 0.717) is 0 Å². The smallest absolute Gasteiger partial charge is 0.410 e. The van der Waals surface area contributed by atoms with Crippen LogP contribution >= 0.6 is 0 Å². The molecule has 0 bridgehead atoms. The third kappa shape index (κ3) is 4.08. The first kappa shape index (κ1) is 20.1. The van der Waals surface area contributed by atoms with Crippen molar-refractivity contribution in [3.8, 4) is 11.4 Å². The average Bonchev–Trinajstić information content (AvgIpc) is 3.26. The van der Waals surface area contributed by atoms with E-state index in [1.807, 2.05) is 46.0 Å². The van der Waals surface area contributed by atoms with Gasteiger partial charge in [0.2, 0.25) is 0 Å². The van der Waals surface area contributed by atoms with Crippen molar-refractivity contribution in [2.24, 2.45) is 0 Å². The third-order valence-corrected chi connectivity index (χ3v) is 5.42. The SMILES string of the molecule is CN(C(=O)OC(C)(C)C)C1CCN(c2nnc(-c3ccn[nH]3)c3ccccc23)CC1. The van der Waals surface area contributed by atoms with E-state index in [9.17, 15) is 4.79 Å². The number of fused-ring (bicyclic) bond motifs is 1. The number of ether oxygens (including phenoxy) is 1. The lowest BCUT2D eigenvalue weighted by Crippen LogP contribution is -2.47. The number of H-pyrrole nitrogens is 1. The van der Waals surface area contributed by atoms with Gasteiger partial charge in [-0.15, -0.1) is 10.2 Å². The topological polar surface area (TPSA) is 87.2 Å². The molecule has 1 aromatic carbocycles. The molecular weight excluding hydrogens is 380 g/mol. The van der Waals surface area contributed by atoms with Crippen molar-refractivity contribution < 1.29 is 9.53 Å². The summed E-state index contributed by atoms with van der Waals surface area (Å²) < 4.78 is 5.51. The number of nitrogens with one attached hydrogen (secondary N) is 1. The molecule has 3 aromatic rings. The predicted molar refractivity (Wildman–Crippen MR) is 116 cm³/mol. The van der Waals surface area contributed by atoms with Crippen molar-refractivity contribution >= 4 is 22.7 Å². The molecule has 0 atom stereocenters. The van der Waals surface area contributed by atoms with Crippen molar-refractivity contribution in [2.45, 2.75) is 45.3 Å². The molecule has 1 aliphatic heterocycles. The van der Waals surface area contributed by atoms with Crippen LogP contribution in [0.1, 0.15) is 33.6 Å². The Hall–Kier alpha value is -3.16. The molecule has 1 saturated heterocycles. The molecule has 0 aliphatic carbocycles. The minimum absolute atomic E-state index is 0.152. The number of carbonyl (C=O) groups is 1. The molecule has 3 heterocycles. The zero-order valence-electron chi connectivity index (χ0n) is 17.9. The van der Waals surface area contributed by atoms with Gasteiger partial charge in [-0.2, -0.15) is 5.10 Å². The molecule has 8 heteroatoms. The highest BCUT2D eigenvalue weighted by molar-refractivity contribution is 5.99. The first-order valence-corrected chi connectivity index (χ1v) is 10.3. The molecule has 0 radical (unpaired) electrons. The lowest BCUT2D eigenvalue weighted by Gasteiger charge is -2.37. The summed E-state index contributed by atoms with van der Waals surface area (Å²) in [6.45, 7) is 7.27. The molecule has 158 valence electrons. The van der Waals surface area contributed by atoms with E-state index in [-0.39, 0.29) is 12.1 Å². The Morgan fingerprint density at radius 2 is 1.83 bits per heavy atom. The van der Waals surface area contributed by atoms with Crippen molar-refractivity contribution in [1.82, 2.24) is 25.3 Å². The van der Waals surface area contributed by atoms with E-state index in [1.165, 1.54) is 0 Å². The lowest BCUT2D eigenvalue weighted by atomic mass is 10.0. The zero-order chi connectivity index (χ0) is 21.3. The fourth-order valence-electron chi connectivity index (χ4n) is 3.86. The Balaban J connectivity index is 1.52. The largest absolute Gasteiger partial charge is 0.444 e. The molecule has 0 unspecified atom stereocenters. The Labute approximate surface area is 176 Å². The van der Waals surface area contributed by atoms with Gasteiger partial charge in [-0.25, -0.2) is 4.79 Å². The van der Waals surface area contributed by atoms with Crippen LogP contribution in [0.3, 0.4) is 0 Å². The maximum absolute atomic E-state index is 12.4. The average molecular weight is 409 g/mol. The predicted octanol–water partition coefficient (Wildman–Crippen LogP) is 3.86. The number of nitrogens with zero attached hydrogens (tertiary/aromatic N) is 5. The van der Waals surface area contributed by atoms with Crippen LogP contribution in [-0.4, -0.2) is 63.2 Å². The van der Waals surface area contributed by atoms with Crippen molar-refractivity contribution in [3.63, 3.8) is 0 Å². The van der Waals surface area contributed by atoms with E-state index in [0.717, 1.165) is 53.9 Å². The minimum Gasteiger partial charge on any atom is -0.444 e. The van der Waals surface area contributed by atoms with Crippen molar-refractivity contribution in [1.29, 1.82) is 0 Å². The second kappa shape index (κ2) is 7.93. The maximum atomic E-state index is 12.4. The van der Waals surface area contributed by atoms with Gasteiger partial charge in [0.25, 0.3) is 0 Å². The summed E-state index contributed by atoms with van der Waals surface area (Å²) in [6, 6.07) is 10.2. The van der Waals surface area contributed by atoms with E-state index in [4.69, 9.17) is 4.74 Å². The standard InChI is InChI=1S/C22H28N6O2/c1-22(2,3)30-21(29)27(4)15-10-13-28(14-11-15)20-17-8-6-5-7-16(17)19(25-26-20)18-9-12-23-24-18/h5-9,12,15H,10-11,13-14H2,1-4H3,(H,23,24). The molecule has 1 N–H and O–H groups in total. The Kier molecular flexibility index (Phi) is 5.32. The number of anilines is 1. The molecule has 2 aromatic heterocycles. The quantitative estimate of drug-likeness (QED) is 0.708. The molecule has 0 spiro atoms. The number of carbonyl (C=O) groups excluding carboxylic acids is 1. The van der Waals surface area contributed by atoms with Gasteiger partial charge in [0.15, 0.2) is 5.82 Å². The third-order valence-electron chi connectivity index (χ3n) is 5.42. The molecule has 1 amide bonds. The Morgan fingerprint density at radius 1 is 1.13 bits per heavy atom. The normalized spacial score (nSPS) is 15.4. The maximum Gasteiger partial charge on any atom is 0.410 e. The van der Waals surface area contributed by atoms with Gasteiger partial charge in [-0.05, 0) is 39.7 Å². The monoisotopic (exact) mass is 408 g/mol. The van der Waals surface area contributed by atoms with Gasteiger partial charge >= 0.3 is 6.09 Å². The number of aromatic amines is 1. The molecule has 8 nitrogen and oxygen atoms in total. The minimum atomic E-state index is -0.489. The number of aromatic nitrogens is 4. The summed E-state index contributed by atoms with van der Waals surface area (Å²) in [6.07, 6.45) is 3.16. The van der Waals surface area contributed by atoms with E-state index < -0.39 is 5.60 Å². The molecule has 4 rings (SSSR count). The van der Waals surface area contributed by atoms with Crippen LogP contribution in [-0.2, 0) is 4.74 Å². The fraction of sp³-hybridized carbons (Fsp3) is 0.455. The number of hydrogen-bond donors (Lipinski definition) is 1. The highest BCUT2D eigenvalue weighted by atomic mass is 16.6. The highest BCUT2D eigenvalue weighted by Crippen LogP contribution is 2.32. The molecule has 1 fully saturated rings. The number of rotatable bonds is 3. The lowest BCUT2D eigenvalue weighted by molar-refractivity contribution is 0.0201. The molecular formula is C22H28N6O2.